The van der Waals surface area contributed by atoms with Gasteiger partial charge in [0.05, 0.1) is 17.0 Å². The van der Waals surface area contributed by atoms with Gasteiger partial charge in [-0.05, 0) is 25.0 Å². The van der Waals surface area contributed by atoms with Gasteiger partial charge in [0.15, 0.2) is 0 Å². The van der Waals surface area contributed by atoms with Gasteiger partial charge in [-0.3, -0.25) is 4.90 Å². The average molecular weight is 255 g/mol. The molecule has 0 N–H and O–H groups in total. The molecule has 0 unspecified atom stereocenters. The van der Waals surface area contributed by atoms with Crippen molar-refractivity contribution in [1.29, 1.82) is 5.26 Å². The van der Waals surface area contributed by atoms with Crippen molar-refractivity contribution in [3.8, 4) is 6.07 Å². The maximum Gasteiger partial charge on any atom is 0.0931 e. The Morgan fingerprint density at radius 1 is 1.44 bits per heavy atom. The third-order valence-electron chi connectivity index (χ3n) is 3.10. The Morgan fingerprint density at radius 3 is 2.75 bits per heavy atom. The van der Waals surface area contributed by atoms with Gasteiger partial charge in [-0.15, -0.1) is 11.3 Å². The lowest BCUT2D eigenvalue weighted by Gasteiger charge is -2.25. The molecule has 0 radical (unpaired) electrons. The van der Waals surface area contributed by atoms with Gasteiger partial charge in [0.2, 0.25) is 0 Å². The monoisotopic (exact) mass is 254 g/mol. The van der Waals surface area contributed by atoms with Crippen molar-refractivity contribution in [2.45, 2.75) is 38.3 Å². The van der Waals surface area contributed by atoms with E-state index in [2.05, 4.69) is 17.0 Å². The second-order valence-corrected chi connectivity index (χ2v) is 6.01. The quantitative estimate of drug-likeness (QED) is 0.767. The first kappa shape index (κ1) is 11.9. The zero-order valence-electron chi connectivity index (χ0n) is 9.16. The standard InChI is InChI=1S/C12H15ClN2S/c13-12-6-5-11(16-12)9-15(8-7-14)10-3-1-2-4-10/h5-6,10H,1-4,8-9H2. The van der Waals surface area contributed by atoms with E-state index >= 15 is 0 Å². The number of hydrogen-bond donors (Lipinski definition) is 0. The molecule has 86 valence electrons. The zero-order chi connectivity index (χ0) is 11.4. The van der Waals surface area contributed by atoms with Crippen LogP contribution >= 0.6 is 22.9 Å². The van der Waals surface area contributed by atoms with Gasteiger partial charge >= 0.3 is 0 Å². The first-order valence-electron chi connectivity index (χ1n) is 5.65. The Balaban J connectivity index is 1.99. The first-order valence-corrected chi connectivity index (χ1v) is 6.84. The minimum Gasteiger partial charge on any atom is -0.282 e. The van der Waals surface area contributed by atoms with Gasteiger partial charge in [-0.25, -0.2) is 0 Å². The molecule has 0 spiro atoms. The number of hydrogen-bond acceptors (Lipinski definition) is 3. The Labute approximate surface area is 105 Å². The van der Waals surface area contributed by atoms with Crippen LogP contribution in [0.5, 0.6) is 0 Å². The molecular weight excluding hydrogens is 240 g/mol. The predicted octanol–water partition coefficient (Wildman–Crippen LogP) is 3.67. The highest BCUT2D eigenvalue weighted by molar-refractivity contribution is 7.16. The largest absolute Gasteiger partial charge is 0.282 e. The molecule has 1 aliphatic rings. The second-order valence-electron chi connectivity index (χ2n) is 4.21. The van der Waals surface area contributed by atoms with Crippen LogP contribution in [0, 0.1) is 11.3 Å². The number of rotatable bonds is 4. The average Bonchev–Trinajstić information content (AvgIpc) is 2.88. The number of halogens is 1. The summed E-state index contributed by atoms with van der Waals surface area (Å²) in [6, 6.07) is 6.86. The maximum atomic E-state index is 8.87. The highest BCUT2D eigenvalue weighted by atomic mass is 35.5. The molecule has 1 fully saturated rings. The van der Waals surface area contributed by atoms with Crippen molar-refractivity contribution in [3.05, 3.63) is 21.3 Å². The predicted molar refractivity (Wildman–Crippen MR) is 67.6 cm³/mol. The van der Waals surface area contributed by atoms with E-state index in [9.17, 15) is 0 Å². The van der Waals surface area contributed by atoms with Gasteiger partial charge < -0.3 is 0 Å². The Bertz CT molecular complexity index is 377. The molecule has 0 atom stereocenters. The number of nitrogens with zero attached hydrogens (tertiary/aromatic N) is 2. The second kappa shape index (κ2) is 5.67. The summed E-state index contributed by atoms with van der Waals surface area (Å²) in [7, 11) is 0. The summed E-state index contributed by atoms with van der Waals surface area (Å²) >= 11 is 7.53. The van der Waals surface area contributed by atoms with E-state index in [1.165, 1.54) is 30.6 Å². The lowest BCUT2D eigenvalue weighted by Crippen LogP contribution is -2.32. The summed E-state index contributed by atoms with van der Waals surface area (Å²) in [5, 5.41) is 8.87. The lowest BCUT2D eigenvalue weighted by atomic mass is 10.2. The molecular formula is C12H15ClN2S. The van der Waals surface area contributed by atoms with E-state index in [-0.39, 0.29) is 0 Å². The summed E-state index contributed by atoms with van der Waals surface area (Å²) in [4.78, 5) is 3.54. The van der Waals surface area contributed by atoms with Crippen LogP contribution in [0.25, 0.3) is 0 Å². The van der Waals surface area contributed by atoms with Crippen LogP contribution in [0.3, 0.4) is 0 Å². The first-order chi connectivity index (χ1) is 7.79. The highest BCUT2D eigenvalue weighted by Gasteiger charge is 2.22. The molecule has 0 bridgehead atoms. The molecule has 1 saturated carbocycles. The summed E-state index contributed by atoms with van der Waals surface area (Å²) in [6.07, 6.45) is 5.08. The third-order valence-corrected chi connectivity index (χ3v) is 4.32. The summed E-state index contributed by atoms with van der Waals surface area (Å²) < 4.78 is 0.832. The van der Waals surface area contributed by atoms with E-state index in [4.69, 9.17) is 16.9 Å². The Morgan fingerprint density at radius 2 is 2.19 bits per heavy atom. The Hall–Kier alpha value is -0.560. The summed E-state index contributed by atoms with van der Waals surface area (Å²) in [5.74, 6) is 0. The third kappa shape index (κ3) is 2.98. The highest BCUT2D eigenvalue weighted by Crippen LogP contribution is 2.27. The lowest BCUT2D eigenvalue weighted by molar-refractivity contribution is 0.216. The molecule has 1 aromatic rings. The number of nitriles is 1. The molecule has 16 heavy (non-hydrogen) atoms. The van der Waals surface area contributed by atoms with Crippen LogP contribution in [0.1, 0.15) is 30.6 Å². The van der Waals surface area contributed by atoms with Crippen molar-refractivity contribution in [1.82, 2.24) is 4.90 Å². The smallest absolute Gasteiger partial charge is 0.0931 e. The van der Waals surface area contributed by atoms with Crippen molar-refractivity contribution in [3.63, 3.8) is 0 Å². The van der Waals surface area contributed by atoms with E-state index < -0.39 is 0 Å². The molecule has 0 saturated heterocycles. The Kier molecular flexibility index (Phi) is 4.22. The van der Waals surface area contributed by atoms with Gasteiger partial charge in [0.25, 0.3) is 0 Å². The summed E-state index contributed by atoms with van der Waals surface area (Å²) in [5.41, 5.74) is 0. The maximum absolute atomic E-state index is 8.87. The minimum absolute atomic E-state index is 0.528. The zero-order valence-corrected chi connectivity index (χ0v) is 10.7. The van der Waals surface area contributed by atoms with Crippen molar-refractivity contribution < 1.29 is 0 Å². The van der Waals surface area contributed by atoms with Crippen LogP contribution in [-0.2, 0) is 6.54 Å². The van der Waals surface area contributed by atoms with Gasteiger partial charge in [-0.2, -0.15) is 5.26 Å². The van der Waals surface area contributed by atoms with Crippen molar-refractivity contribution >= 4 is 22.9 Å². The van der Waals surface area contributed by atoms with Gasteiger partial charge in [0.1, 0.15) is 0 Å². The molecule has 4 heteroatoms. The molecule has 2 rings (SSSR count). The van der Waals surface area contributed by atoms with Crippen LogP contribution in [-0.4, -0.2) is 17.5 Å². The molecule has 0 amide bonds. The van der Waals surface area contributed by atoms with Crippen LogP contribution < -0.4 is 0 Å². The fourth-order valence-electron chi connectivity index (χ4n) is 2.31. The van der Waals surface area contributed by atoms with Crippen LogP contribution in [0.2, 0.25) is 4.34 Å². The van der Waals surface area contributed by atoms with Gasteiger partial charge in [-0.1, -0.05) is 24.4 Å². The van der Waals surface area contributed by atoms with E-state index in [0.29, 0.717) is 12.6 Å². The van der Waals surface area contributed by atoms with Gasteiger partial charge in [0, 0.05) is 17.5 Å². The topological polar surface area (TPSA) is 27.0 Å². The van der Waals surface area contributed by atoms with E-state index in [1.54, 1.807) is 11.3 Å². The number of thiophene rings is 1. The molecule has 1 aromatic heterocycles. The molecule has 0 aliphatic heterocycles. The van der Waals surface area contributed by atoms with Crippen LogP contribution in [0.4, 0.5) is 0 Å². The molecule has 0 aromatic carbocycles. The summed E-state index contributed by atoms with van der Waals surface area (Å²) in [6.45, 7) is 1.40. The molecule has 1 heterocycles. The van der Waals surface area contributed by atoms with E-state index in [1.807, 2.05) is 6.07 Å². The fourth-order valence-corrected chi connectivity index (χ4v) is 3.42. The molecule has 1 aliphatic carbocycles. The molecule has 2 nitrogen and oxygen atoms in total. The van der Waals surface area contributed by atoms with E-state index in [0.717, 1.165) is 10.9 Å². The van der Waals surface area contributed by atoms with Crippen LogP contribution in [0.15, 0.2) is 12.1 Å². The normalized spacial score (nSPS) is 16.8. The SMILES string of the molecule is N#CCN(Cc1ccc(Cl)s1)C1CCCC1. The van der Waals surface area contributed by atoms with Crippen molar-refractivity contribution in [2.75, 3.05) is 6.54 Å². The van der Waals surface area contributed by atoms with Crippen molar-refractivity contribution in [2.24, 2.45) is 0 Å². The minimum atomic E-state index is 0.528. The fraction of sp³-hybridized carbons (Fsp3) is 0.583.